The van der Waals surface area contributed by atoms with Crippen molar-refractivity contribution in [2.75, 3.05) is 13.6 Å². The second-order valence-electron chi connectivity index (χ2n) is 5.63. The maximum Gasteiger partial charge on any atom is 0.121 e. The van der Waals surface area contributed by atoms with Crippen molar-refractivity contribution in [1.29, 1.82) is 0 Å². The van der Waals surface area contributed by atoms with Gasteiger partial charge in [-0.25, -0.2) is 4.98 Å². The molecule has 1 aromatic heterocycles. The number of imidazole rings is 1. The van der Waals surface area contributed by atoms with Crippen LogP contribution in [0.1, 0.15) is 25.6 Å². The minimum absolute atomic E-state index is 0.611. The van der Waals surface area contributed by atoms with E-state index in [-0.39, 0.29) is 0 Å². The van der Waals surface area contributed by atoms with Gasteiger partial charge in [-0.05, 0) is 45.5 Å². The average Bonchev–Trinajstić information content (AvgIpc) is 2.83. The summed E-state index contributed by atoms with van der Waals surface area (Å²) in [5, 5.41) is 3.63. The van der Waals surface area contributed by atoms with E-state index in [0.29, 0.717) is 12.1 Å². The molecule has 102 valence electrons. The molecule has 0 saturated carbocycles. The first-order chi connectivity index (χ1) is 9.22. The summed E-state index contributed by atoms with van der Waals surface area (Å²) >= 11 is 0. The van der Waals surface area contributed by atoms with Crippen LogP contribution in [-0.2, 0) is 6.54 Å². The van der Waals surface area contributed by atoms with Crippen molar-refractivity contribution in [2.45, 2.75) is 38.4 Å². The predicted octanol–water partition coefficient (Wildman–Crippen LogP) is 2.14. The third kappa shape index (κ3) is 2.80. The molecule has 1 aliphatic heterocycles. The third-order valence-corrected chi connectivity index (χ3v) is 4.20. The quantitative estimate of drug-likeness (QED) is 0.886. The van der Waals surface area contributed by atoms with Gasteiger partial charge in [-0.15, -0.1) is 0 Å². The summed E-state index contributed by atoms with van der Waals surface area (Å²) in [5.41, 5.74) is 2.17. The Bertz CT molecular complexity index is 515. The molecule has 2 aromatic rings. The predicted molar refractivity (Wildman–Crippen MR) is 78.0 cm³/mol. The summed E-state index contributed by atoms with van der Waals surface area (Å²) in [6, 6.07) is 9.47. The summed E-state index contributed by atoms with van der Waals surface area (Å²) in [6.07, 6.45) is 2.44. The van der Waals surface area contributed by atoms with Crippen molar-refractivity contribution in [3.63, 3.8) is 0 Å². The highest BCUT2D eigenvalue weighted by molar-refractivity contribution is 5.74. The number of fused-ring (bicyclic) bond motifs is 1. The zero-order valence-electron chi connectivity index (χ0n) is 11.7. The first-order valence-electron chi connectivity index (χ1n) is 7.09. The second-order valence-corrected chi connectivity index (χ2v) is 5.63. The van der Waals surface area contributed by atoms with Crippen LogP contribution in [0.5, 0.6) is 0 Å². The van der Waals surface area contributed by atoms with Gasteiger partial charge >= 0.3 is 0 Å². The number of nitrogens with one attached hydrogen (secondary N) is 2. The van der Waals surface area contributed by atoms with E-state index in [1.54, 1.807) is 0 Å². The molecule has 1 aromatic carbocycles. The lowest BCUT2D eigenvalue weighted by molar-refractivity contribution is 0.167. The van der Waals surface area contributed by atoms with E-state index in [4.69, 9.17) is 0 Å². The van der Waals surface area contributed by atoms with Crippen molar-refractivity contribution in [3.8, 4) is 0 Å². The van der Waals surface area contributed by atoms with E-state index in [1.807, 2.05) is 18.2 Å². The number of hydrogen-bond donors (Lipinski definition) is 2. The molecule has 1 fully saturated rings. The Morgan fingerprint density at radius 3 is 3.05 bits per heavy atom. The molecular formula is C15H22N4. The molecule has 2 N–H and O–H groups in total. The van der Waals surface area contributed by atoms with Crippen molar-refractivity contribution in [2.24, 2.45) is 0 Å². The monoisotopic (exact) mass is 258 g/mol. The standard InChI is InChI=1S/C15H22N4/c1-11-9-12(7-8-19(11)2)16-10-15-17-13-5-3-4-6-14(13)18-15/h3-6,11-12,16H,7-10H2,1-2H3,(H,17,18). The number of piperidine rings is 1. The lowest BCUT2D eigenvalue weighted by Crippen LogP contribution is -2.45. The maximum atomic E-state index is 4.60. The molecule has 3 rings (SSSR count). The average molecular weight is 258 g/mol. The summed E-state index contributed by atoms with van der Waals surface area (Å²) in [5.74, 6) is 1.03. The molecule has 0 aliphatic carbocycles. The minimum Gasteiger partial charge on any atom is -0.341 e. The van der Waals surface area contributed by atoms with Crippen LogP contribution in [0.4, 0.5) is 0 Å². The molecule has 1 saturated heterocycles. The van der Waals surface area contributed by atoms with Crippen molar-refractivity contribution in [3.05, 3.63) is 30.1 Å². The Hall–Kier alpha value is -1.39. The van der Waals surface area contributed by atoms with Crippen LogP contribution in [0.3, 0.4) is 0 Å². The number of rotatable bonds is 3. The summed E-state index contributed by atoms with van der Waals surface area (Å²) in [6.45, 7) is 4.31. The van der Waals surface area contributed by atoms with Gasteiger partial charge in [0.2, 0.25) is 0 Å². The van der Waals surface area contributed by atoms with Gasteiger partial charge in [0.05, 0.1) is 17.6 Å². The molecule has 4 nitrogen and oxygen atoms in total. The molecule has 2 unspecified atom stereocenters. The Kier molecular flexibility index (Phi) is 3.53. The SMILES string of the molecule is CC1CC(NCc2nc3ccccc3[nH]2)CCN1C. The van der Waals surface area contributed by atoms with Crippen molar-refractivity contribution >= 4 is 11.0 Å². The Morgan fingerprint density at radius 2 is 2.26 bits per heavy atom. The number of H-pyrrole nitrogens is 1. The van der Waals surface area contributed by atoms with E-state index >= 15 is 0 Å². The van der Waals surface area contributed by atoms with Crippen molar-refractivity contribution in [1.82, 2.24) is 20.2 Å². The molecule has 4 heteroatoms. The normalized spacial score (nSPS) is 24.9. The Balaban J connectivity index is 1.60. The zero-order valence-corrected chi connectivity index (χ0v) is 11.7. The fraction of sp³-hybridized carbons (Fsp3) is 0.533. The van der Waals surface area contributed by atoms with Crippen LogP contribution in [0.15, 0.2) is 24.3 Å². The van der Waals surface area contributed by atoms with Crippen LogP contribution in [0.25, 0.3) is 11.0 Å². The molecule has 19 heavy (non-hydrogen) atoms. The van der Waals surface area contributed by atoms with Gasteiger partial charge in [0.1, 0.15) is 5.82 Å². The minimum atomic E-state index is 0.611. The first-order valence-corrected chi connectivity index (χ1v) is 7.09. The highest BCUT2D eigenvalue weighted by Gasteiger charge is 2.22. The van der Waals surface area contributed by atoms with Crippen LogP contribution >= 0.6 is 0 Å². The molecule has 0 amide bonds. The van der Waals surface area contributed by atoms with Gasteiger partial charge in [-0.2, -0.15) is 0 Å². The smallest absolute Gasteiger partial charge is 0.121 e. The molecule has 0 spiro atoms. The van der Waals surface area contributed by atoms with E-state index in [0.717, 1.165) is 23.4 Å². The van der Waals surface area contributed by atoms with Crippen LogP contribution in [-0.4, -0.2) is 40.5 Å². The van der Waals surface area contributed by atoms with Gasteiger partial charge in [0, 0.05) is 12.1 Å². The lowest BCUT2D eigenvalue weighted by atomic mass is 9.99. The molecule has 2 heterocycles. The van der Waals surface area contributed by atoms with Gasteiger partial charge in [0.15, 0.2) is 0 Å². The summed E-state index contributed by atoms with van der Waals surface area (Å²) < 4.78 is 0. The lowest BCUT2D eigenvalue weighted by Gasteiger charge is -2.35. The maximum absolute atomic E-state index is 4.60. The first kappa shape index (κ1) is 12.6. The number of aromatic amines is 1. The van der Waals surface area contributed by atoms with Crippen LogP contribution < -0.4 is 5.32 Å². The molecular weight excluding hydrogens is 236 g/mol. The van der Waals surface area contributed by atoms with Gasteiger partial charge < -0.3 is 15.2 Å². The molecule has 0 bridgehead atoms. The highest BCUT2D eigenvalue weighted by Crippen LogP contribution is 2.16. The van der Waals surface area contributed by atoms with Gasteiger partial charge in [0.25, 0.3) is 0 Å². The van der Waals surface area contributed by atoms with E-state index < -0.39 is 0 Å². The number of benzene rings is 1. The molecule has 1 aliphatic rings. The molecule has 2 atom stereocenters. The third-order valence-electron chi connectivity index (χ3n) is 4.20. The Morgan fingerprint density at radius 1 is 1.42 bits per heavy atom. The number of aromatic nitrogens is 2. The van der Waals surface area contributed by atoms with Crippen LogP contribution in [0, 0.1) is 0 Å². The fourth-order valence-electron chi connectivity index (χ4n) is 2.81. The largest absolute Gasteiger partial charge is 0.341 e. The Labute approximate surface area is 114 Å². The van der Waals surface area contributed by atoms with Crippen molar-refractivity contribution < 1.29 is 0 Å². The summed E-state index contributed by atoms with van der Waals surface area (Å²) in [7, 11) is 2.21. The number of para-hydroxylation sites is 2. The van der Waals surface area contributed by atoms with E-state index in [9.17, 15) is 0 Å². The van der Waals surface area contributed by atoms with E-state index in [1.165, 1.54) is 19.4 Å². The fourth-order valence-corrected chi connectivity index (χ4v) is 2.81. The zero-order chi connectivity index (χ0) is 13.2. The number of nitrogens with zero attached hydrogens (tertiary/aromatic N) is 2. The van der Waals surface area contributed by atoms with Gasteiger partial charge in [-0.1, -0.05) is 12.1 Å². The topological polar surface area (TPSA) is 44.0 Å². The van der Waals surface area contributed by atoms with Crippen LogP contribution in [0.2, 0.25) is 0 Å². The summed E-state index contributed by atoms with van der Waals surface area (Å²) in [4.78, 5) is 10.4. The second kappa shape index (κ2) is 5.31. The number of hydrogen-bond acceptors (Lipinski definition) is 3. The van der Waals surface area contributed by atoms with Gasteiger partial charge in [-0.3, -0.25) is 0 Å². The number of likely N-dealkylation sites (tertiary alicyclic amines) is 1. The van der Waals surface area contributed by atoms with E-state index in [2.05, 4.69) is 40.2 Å². The highest BCUT2D eigenvalue weighted by atomic mass is 15.1. The molecule has 0 radical (unpaired) electrons.